The maximum atomic E-state index is 12.3. The number of rotatable bonds is 6. The summed E-state index contributed by atoms with van der Waals surface area (Å²) in [6.45, 7) is 2.07. The minimum atomic E-state index is 0.0108. The van der Waals surface area contributed by atoms with Crippen molar-refractivity contribution in [3.63, 3.8) is 0 Å². The molecule has 1 heteroatoms. The maximum absolute atomic E-state index is 12.3. The molecule has 1 atom stereocenters. The van der Waals surface area contributed by atoms with Crippen molar-refractivity contribution in [2.45, 2.75) is 25.7 Å². The number of ketones is 1. The molecule has 2 aromatic rings. The van der Waals surface area contributed by atoms with Crippen LogP contribution in [0.5, 0.6) is 0 Å². The molecule has 0 amide bonds. The summed E-state index contributed by atoms with van der Waals surface area (Å²) in [5, 5.41) is 0. The Morgan fingerprint density at radius 2 is 1.60 bits per heavy atom. The monoisotopic (exact) mass is 264 g/mol. The second-order valence-corrected chi connectivity index (χ2v) is 4.86. The molecule has 0 saturated carbocycles. The maximum Gasteiger partial charge on any atom is 0.144 e. The van der Waals surface area contributed by atoms with Crippen molar-refractivity contribution < 1.29 is 4.79 Å². The Kier molecular flexibility index (Phi) is 5.31. The second kappa shape index (κ2) is 7.44. The van der Waals surface area contributed by atoms with Gasteiger partial charge in [0.2, 0.25) is 0 Å². The number of benzene rings is 2. The summed E-state index contributed by atoms with van der Waals surface area (Å²) in [5.74, 6) is 0.294. The predicted molar refractivity (Wildman–Crippen MR) is 84.6 cm³/mol. The van der Waals surface area contributed by atoms with E-state index in [2.05, 4.69) is 6.92 Å². The van der Waals surface area contributed by atoms with E-state index in [1.807, 2.05) is 72.8 Å². The van der Waals surface area contributed by atoms with Gasteiger partial charge >= 0.3 is 0 Å². The zero-order chi connectivity index (χ0) is 14.2. The van der Waals surface area contributed by atoms with Crippen LogP contribution in [0, 0.1) is 0 Å². The number of carbonyl (C=O) groups excluding carboxylic acids is 1. The molecular formula is C19H20O. The van der Waals surface area contributed by atoms with Gasteiger partial charge in [0, 0.05) is 12.3 Å². The number of carbonyl (C=O) groups is 1. The third-order valence-electron chi connectivity index (χ3n) is 3.43. The van der Waals surface area contributed by atoms with E-state index in [-0.39, 0.29) is 11.7 Å². The van der Waals surface area contributed by atoms with E-state index in [1.54, 1.807) is 0 Å². The summed E-state index contributed by atoms with van der Waals surface area (Å²) in [4.78, 5) is 12.3. The van der Waals surface area contributed by atoms with Crippen molar-refractivity contribution in [2.24, 2.45) is 0 Å². The van der Waals surface area contributed by atoms with Crippen LogP contribution in [0.15, 0.2) is 66.7 Å². The molecule has 0 saturated heterocycles. The van der Waals surface area contributed by atoms with Crippen molar-refractivity contribution in [3.8, 4) is 0 Å². The fourth-order valence-corrected chi connectivity index (χ4v) is 2.35. The molecule has 102 valence electrons. The normalized spacial score (nSPS) is 12.4. The van der Waals surface area contributed by atoms with Crippen LogP contribution in [-0.2, 0) is 4.79 Å². The molecule has 0 aliphatic carbocycles. The number of hydrogen-bond acceptors (Lipinski definition) is 1. The lowest BCUT2D eigenvalue weighted by atomic mass is 9.90. The average Bonchev–Trinajstić information content (AvgIpc) is 2.50. The summed E-state index contributed by atoms with van der Waals surface area (Å²) in [5.41, 5.74) is 2.25. The van der Waals surface area contributed by atoms with Crippen LogP contribution in [0.25, 0.3) is 6.08 Å². The first kappa shape index (κ1) is 14.3. The highest BCUT2D eigenvalue weighted by Gasteiger charge is 2.16. The fraction of sp³-hybridized carbons (Fsp3) is 0.211. The van der Waals surface area contributed by atoms with Crippen LogP contribution in [-0.4, -0.2) is 5.78 Å². The quantitative estimate of drug-likeness (QED) is 0.728. The van der Waals surface area contributed by atoms with Crippen molar-refractivity contribution >= 4 is 11.9 Å². The van der Waals surface area contributed by atoms with Crippen LogP contribution in [0.3, 0.4) is 0 Å². The lowest BCUT2D eigenvalue weighted by molar-refractivity contribution is -0.119. The van der Waals surface area contributed by atoms with Gasteiger partial charge in [0.15, 0.2) is 0 Å². The van der Waals surface area contributed by atoms with Crippen molar-refractivity contribution in [2.75, 3.05) is 0 Å². The molecule has 1 unspecified atom stereocenters. The van der Waals surface area contributed by atoms with E-state index in [0.29, 0.717) is 6.42 Å². The lowest BCUT2D eigenvalue weighted by Gasteiger charge is -2.12. The van der Waals surface area contributed by atoms with Gasteiger partial charge in [-0.1, -0.05) is 79.7 Å². The molecule has 0 heterocycles. The number of allylic oxidation sites excluding steroid dienone is 1. The molecule has 2 aromatic carbocycles. The molecule has 0 bridgehead atoms. The Morgan fingerprint density at radius 1 is 1.00 bits per heavy atom. The van der Waals surface area contributed by atoms with Gasteiger partial charge in [0.25, 0.3) is 0 Å². The molecule has 2 rings (SSSR count). The summed E-state index contributed by atoms with van der Waals surface area (Å²) >= 11 is 0. The van der Waals surface area contributed by atoms with Gasteiger partial charge in [-0.15, -0.1) is 0 Å². The minimum Gasteiger partial charge on any atom is -0.299 e. The molecule has 0 N–H and O–H groups in total. The summed E-state index contributed by atoms with van der Waals surface area (Å²) in [7, 11) is 0. The molecule has 0 radical (unpaired) electrons. The van der Waals surface area contributed by atoms with E-state index in [0.717, 1.165) is 17.5 Å². The van der Waals surface area contributed by atoms with E-state index >= 15 is 0 Å². The van der Waals surface area contributed by atoms with Crippen LogP contribution < -0.4 is 0 Å². The van der Waals surface area contributed by atoms with Crippen molar-refractivity contribution in [1.82, 2.24) is 0 Å². The zero-order valence-electron chi connectivity index (χ0n) is 11.8. The first-order valence-corrected chi connectivity index (χ1v) is 7.10. The van der Waals surface area contributed by atoms with Gasteiger partial charge in [0.05, 0.1) is 0 Å². The van der Waals surface area contributed by atoms with E-state index in [1.165, 1.54) is 0 Å². The highest BCUT2D eigenvalue weighted by molar-refractivity contribution is 5.87. The van der Waals surface area contributed by atoms with E-state index in [4.69, 9.17) is 0 Å². The fourth-order valence-electron chi connectivity index (χ4n) is 2.35. The minimum absolute atomic E-state index is 0.0108. The Balaban J connectivity index is 1.99. The predicted octanol–water partition coefficient (Wildman–Crippen LogP) is 4.85. The molecular weight excluding hydrogens is 244 g/mol. The van der Waals surface area contributed by atoms with Gasteiger partial charge < -0.3 is 0 Å². The third kappa shape index (κ3) is 3.92. The summed E-state index contributed by atoms with van der Waals surface area (Å²) in [6, 6.07) is 20.1. The van der Waals surface area contributed by atoms with Gasteiger partial charge in [0.1, 0.15) is 5.78 Å². The largest absolute Gasteiger partial charge is 0.299 e. The lowest BCUT2D eigenvalue weighted by Crippen LogP contribution is -2.10. The Morgan fingerprint density at radius 3 is 2.20 bits per heavy atom. The van der Waals surface area contributed by atoms with E-state index in [9.17, 15) is 4.79 Å². The topological polar surface area (TPSA) is 17.1 Å². The Hall–Kier alpha value is -2.15. The SMILES string of the molecule is CCC(C(=O)C/C=C/c1ccccc1)c1ccccc1. The van der Waals surface area contributed by atoms with Gasteiger partial charge in [-0.3, -0.25) is 4.79 Å². The van der Waals surface area contributed by atoms with Crippen LogP contribution in [0.4, 0.5) is 0 Å². The van der Waals surface area contributed by atoms with Gasteiger partial charge in [-0.2, -0.15) is 0 Å². The second-order valence-electron chi connectivity index (χ2n) is 4.86. The van der Waals surface area contributed by atoms with Crippen LogP contribution >= 0.6 is 0 Å². The number of Topliss-reactive ketones (excluding diaryl/α,β-unsaturated/α-hetero) is 1. The van der Waals surface area contributed by atoms with Crippen LogP contribution in [0.2, 0.25) is 0 Å². The molecule has 0 fully saturated rings. The van der Waals surface area contributed by atoms with Gasteiger partial charge in [-0.05, 0) is 17.5 Å². The molecule has 0 spiro atoms. The average molecular weight is 264 g/mol. The van der Waals surface area contributed by atoms with Crippen molar-refractivity contribution in [3.05, 3.63) is 77.9 Å². The first-order valence-electron chi connectivity index (χ1n) is 7.10. The van der Waals surface area contributed by atoms with Gasteiger partial charge in [-0.25, -0.2) is 0 Å². The molecule has 20 heavy (non-hydrogen) atoms. The molecule has 1 nitrogen and oxygen atoms in total. The smallest absolute Gasteiger partial charge is 0.144 e. The van der Waals surface area contributed by atoms with Crippen molar-refractivity contribution in [1.29, 1.82) is 0 Å². The Labute approximate surface area is 121 Å². The highest BCUT2D eigenvalue weighted by atomic mass is 16.1. The molecule has 0 aliphatic rings. The van der Waals surface area contributed by atoms with E-state index < -0.39 is 0 Å². The summed E-state index contributed by atoms with van der Waals surface area (Å²) in [6.07, 6.45) is 5.31. The highest BCUT2D eigenvalue weighted by Crippen LogP contribution is 2.22. The Bertz CT molecular complexity index is 555. The molecule has 0 aromatic heterocycles. The number of hydrogen-bond donors (Lipinski definition) is 0. The molecule has 0 aliphatic heterocycles. The zero-order valence-corrected chi connectivity index (χ0v) is 11.8. The standard InChI is InChI=1S/C19H20O/c1-2-18(17-13-7-4-8-14-17)19(20)15-9-12-16-10-5-3-6-11-16/h3-14,18H,2,15H2,1H3/b12-9+. The third-order valence-corrected chi connectivity index (χ3v) is 3.43. The summed E-state index contributed by atoms with van der Waals surface area (Å²) < 4.78 is 0. The first-order chi connectivity index (χ1) is 9.81. The van der Waals surface area contributed by atoms with Crippen LogP contribution in [0.1, 0.15) is 36.8 Å².